The zero-order valence-electron chi connectivity index (χ0n) is 12.3. The minimum atomic E-state index is -0.0666. The van der Waals surface area contributed by atoms with Gasteiger partial charge < -0.3 is 4.74 Å². The molecule has 0 amide bonds. The average Bonchev–Trinajstić information content (AvgIpc) is 2.78. The average molecular weight is 349 g/mol. The lowest BCUT2D eigenvalue weighted by atomic mass is 10.1. The van der Waals surface area contributed by atoms with Crippen LogP contribution in [0.1, 0.15) is 28.5 Å². The molecule has 2 rings (SSSR count). The summed E-state index contributed by atoms with van der Waals surface area (Å²) in [4.78, 5) is 12.2. The third-order valence-corrected chi connectivity index (χ3v) is 3.46. The highest BCUT2D eigenvalue weighted by atomic mass is 79.9. The second-order valence-corrected chi connectivity index (χ2v) is 5.53. The first-order valence-electron chi connectivity index (χ1n) is 6.66. The highest BCUT2D eigenvalue weighted by molar-refractivity contribution is 9.10. The zero-order chi connectivity index (χ0) is 15.4. The minimum Gasteiger partial charge on any atom is -0.493 e. The van der Waals surface area contributed by atoms with E-state index in [0.717, 1.165) is 21.5 Å². The fraction of sp³-hybridized carbons (Fsp3) is 0.250. The number of ether oxygens (including phenoxy) is 1. The van der Waals surface area contributed by atoms with Gasteiger partial charge in [-0.05, 0) is 44.2 Å². The van der Waals surface area contributed by atoms with Gasteiger partial charge in [-0.25, -0.2) is 0 Å². The zero-order valence-corrected chi connectivity index (χ0v) is 13.8. The smallest absolute Gasteiger partial charge is 0.189 e. The highest BCUT2D eigenvalue weighted by Crippen LogP contribution is 2.24. The molecule has 0 atom stereocenters. The summed E-state index contributed by atoms with van der Waals surface area (Å²) in [6.45, 7) is 4.34. The normalized spacial score (nSPS) is 11.0. The van der Waals surface area contributed by atoms with Gasteiger partial charge in [-0.15, -0.1) is 0 Å². The van der Waals surface area contributed by atoms with Crippen LogP contribution in [-0.4, -0.2) is 22.2 Å². The summed E-state index contributed by atoms with van der Waals surface area (Å²) in [6.07, 6.45) is 5.05. The monoisotopic (exact) mass is 348 g/mol. The molecule has 0 fully saturated rings. The van der Waals surface area contributed by atoms with Crippen LogP contribution in [0, 0.1) is 6.92 Å². The molecule has 0 aliphatic rings. The lowest BCUT2D eigenvalue weighted by molar-refractivity contribution is 0.104. The van der Waals surface area contributed by atoms with Crippen molar-refractivity contribution in [2.24, 2.45) is 7.05 Å². The summed E-state index contributed by atoms with van der Waals surface area (Å²) in [5, 5.41) is 4.18. The number of nitrogens with zero attached hydrogens (tertiary/aromatic N) is 2. The van der Waals surface area contributed by atoms with Crippen molar-refractivity contribution in [1.82, 2.24) is 9.78 Å². The maximum atomic E-state index is 12.2. The van der Waals surface area contributed by atoms with E-state index in [1.54, 1.807) is 30.1 Å². The van der Waals surface area contributed by atoms with Crippen LogP contribution >= 0.6 is 15.9 Å². The molecule has 1 heterocycles. The summed E-state index contributed by atoms with van der Waals surface area (Å²) in [6, 6.07) is 5.72. The molecule has 5 heteroatoms. The number of benzene rings is 1. The second kappa shape index (κ2) is 6.72. The number of aromatic nitrogens is 2. The van der Waals surface area contributed by atoms with Crippen LogP contribution in [0.25, 0.3) is 6.08 Å². The van der Waals surface area contributed by atoms with Gasteiger partial charge in [0.1, 0.15) is 5.75 Å². The van der Waals surface area contributed by atoms with Gasteiger partial charge in [-0.3, -0.25) is 9.48 Å². The van der Waals surface area contributed by atoms with Crippen LogP contribution in [-0.2, 0) is 7.05 Å². The van der Waals surface area contributed by atoms with E-state index >= 15 is 0 Å². The van der Waals surface area contributed by atoms with Gasteiger partial charge in [0.25, 0.3) is 0 Å². The minimum absolute atomic E-state index is 0.0666. The van der Waals surface area contributed by atoms with Gasteiger partial charge in [0.05, 0.1) is 17.9 Å². The fourth-order valence-corrected chi connectivity index (χ4v) is 2.41. The molecule has 4 nitrogen and oxygen atoms in total. The second-order valence-electron chi connectivity index (χ2n) is 4.61. The lowest BCUT2D eigenvalue weighted by Gasteiger charge is -2.07. The molecule has 0 N–H and O–H groups in total. The fourth-order valence-electron chi connectivity index (χ4n) is 2.03. The van der Waals surface area contributed by atoms with Crippen LogP contribution in [0.2, 0.25) is 0 Å². The van der Waals surface area contributed by atoms with Crippen LogP contribution in [0.3, 0.4) is 0 Å². The van der Waals surface area contributed by atoms with Gasteiger partial charge in [0, 0.05) is 23.3 Å². The van der Waals surface area contributed by atoms with Gasteiger partial charge in [0.15, 0.2) is 5.78 Å². The molecule has 110 valence electrons. The predicted octanol–water partition coefficient (Wildman–Crippen LogP) is 3.79. The summed E-state index contributed by atoms with van der Waals surface area (Å²) < 4.78 is 8.14. The topological polar surface area (TPSA) is 44.1 Å². The van der Waals surface area contributed by atoms with E-state index in [1.165, 1.54) is 0 Å². The van der Waals surface area contributed by atoms with Crippen molar-refractivity contribution in [3.63, 3.8) is 0 Å². The first-order valence-corrected chi connectivity index (χ1v) is 7.45. The lowest BCUT2D eigenvalue weighted by Crippen LogP contribution is -1.96. The van der Waals surface area contributed by atoms with E-state index in [1.807, 2.05) is 32.0 Å². The third kappa shape index (κ3) is 3.82. The molecule has 0 radical (unpaired) electrons. The molecule has 0 saturated carbocycles. The Morgan fingerprint density at radius 1 is 1.48 bits per heavy atom. The van der Waals surface area contributed by atoms with Crippen molar-refractivity contribution in [2.45, 2.75) is 13.8 Å². The van der Waals surface area contributed by atoms with E-state index < -0.39 is 0 Å². The number of hydrogen-bond acceptors (Lipinski definition) is 3. The highest BCUT2D eigenvalue weighted by Gasteiger charge is 2.10. The Labute approximate surface area is 132 Å². The van der Waals surface area contributed by atoms with E-state index in [4.69, 9.17) is 4.74 Å². The van der Waals surface area contributed by atoms with Crippen molar-refractivity contribution in [3.8, 4) is 5.75 Å². The third-order valence-electron chi connectivity index (χ3n) is 2.96. The molecule has 0 unspecified atom stereocenters. The molecular weight excluding hydrogens is 332 g/mol. The molecule has 0 aliphatic carbocycles. The molecule has 2 aromatic rings. The van der Waals surface area contributed by atoms with E-state index in [-0.39, 0.29) is 5.78 Å². The first-order chi connectivity index (χ1) is 10.0. The number of ketones is 1. The van der Waals surface area contributed by atoms with Gasteiger partial charge in [-0.2, -0.15) is 5.10 Å². The number of halogens is 1. The number of carbonyl (C=O) groups is 1. The summed E-state index contributed by atoms with van der Waals surface area (Å²) in [5.74, 6) is 0.690. The van der Waals surface area contributed by atoms with Crippen LogP contribution in [0.5, 0.6) is 5.75 Å². The van der Waals surface area contributed by atoms with Crippen LogP contribution in [0.15, 0.2) is 34.9 Å². The Kier molecular flexibility index (Phi) is 4.96. The molecular formula is C16H17BrN2O2. The van der Waals surface area contributed by atoms with Crippen molar-refractivity contribution in [2.75, 3.05) is 6.61 Å². The largest absolute Gasteiger partial charge is 0.493 e. The van der Waals surface area contributed by atoms with Crippen molar-refractivity contribution in [3.05, 3.63) is 51.8 Å². The Hall–Kier alpha value is -1.88. The van der Waals surface area contributed by atoms with E-state index in [2.05, 4.69) is 21.0 Å². The van der Waals surface area contributed by atoms with E-state index in [9.17, 15) is 4.79 Å². The molecule has 1 aromatic carbocycles. The maximum absolute atomic E-state index is 12.2. The number of allylic oxidation sites excluding steroid dienone is 1. The molecule has 0 saturated heterocycles. The summed E-state index contributed by atoms with van der Waals surface area (Å²) >= 11 is 3.43. The van der Waals surface area contributed by atoms with Crippen LogP contribution < -0.4 is 4.74 Å². The SMILES string of the molecule is CCOc1ccc(Br)cc1/C=C/C(=O)c1cn(C)nc1C. The molecule has 0 spiro atoms. The Morgan fingerprint density at radius 3 is 2.86 bits per heavy atom. The molecule has 21 heavy (non-hydrogen) atoms. The Morgan fingerprint density at radius 2 is 2.24 bits per heavy atom. The number of rotatable bonds is 5. The quantitative estimate of drug-likeness (QED) is 0.609. The maximum Gasteiger partial charge on any atom is 0.189 e. The molecule has 1 aromatic heterocycles. The summed E-state index contributed by atoms with van der Waals surface area (Å²) in [7, 11) is 1.80. The van der Waals surface area contributed by atoms with Gasteiger partial charge in [0.2, 0.25) is 0 Å². The van der Waals surface area contributed by atoms with Crippen molar-refractivity contribution >= 4 is 27.8 Å². The standard InChI is InChI=1S/C16H17BrN2O2/c1-4-21-16-8-6-13(17)9-12(16)5-7-15(20)14-10-19(3)18-11(14)2/h5-10H,4H2,1-3H3/b7-5+. The van der Waals surface area contributed by atoms with Gasteiger partial charge in [-0.1, -0.05) is 15.9 Å². The van der Waals surface area contributed by atoms with Gasteiger partial charge >= 0.3 is 0 Å². The molecule has 0 aliphatic heterocycles. The Balaban J connectivity index is 2.26. The van der Waals surface area contributed by atoms with Crippen LogP contribution in [0.4, 0.5) is 0 Å². The predicted molar refractivity (Wildman–Crippen MR) is 86.6 cm³/mol. The molecule has 0 bridgehead atoms. The van der Waals surface area contributed by atoms with Crippen molar-refractivity contribution in [1.29, 1.82) is 0 Å². The number of hydrogen-bond donors (Lipinski definition) is 0. The number of aryl methyl sites for hydroxylation is 2. The first kappa shape index (κ1) is 15.5. The number of carbonyl (C=O) groups excluding carboxylic acids is 1. The Bertz CT molecular complexity index is 690. The van der Waals surface area contributed by atoms with Crippen molar-refractivity contribution < 1.29 is 9.53 Å². The summed E-state index contributed by atoms with van der Waals surface area (Å²) in [5.41, 5.74) is 2.20. The van der Waals surface area contributed by atoms with E-state index in [0.29, 0.717) is 12.2 Å².